The number of halogens is 3. The average molecular weight is 394 g/mol. The highest BCUT2D eigenvalue weighted by Gasteiger charge is 2.62. The third-order valence-electron chi connectivity index (χ3n) is 6.70. The van der Waals surface area contributed by atoms with E-state index in [1.807, 2.05) is 70.2 Å². The van der Waals surface area contributed by atoms with E-state index in [0.29, 0.717) is 11.1 Å². The summed E-state index contributed by atoms with van der Waals surface area (Å²) in [4.78, 5) is 0. The molecule has 0 bridgehead atoms. The second kappa shape index (κ2) is 6.76. The van der Waals surface area contributed by atoms with E-state index in [4.69, 9.17) is 0 Å². The van der Waals surface area contributed by atoms with Gasteiger partial charge in [0.25, 0.3) is 0 Å². The van der Waals surface area contributed by atoms with Crippen LogP contribution < -0.4 is 0 Å². The third-order valence-corrected chi connectivity index (χ3v) is 6.70. The van der Waals surface area contributed by atoms with Crippen molar-refractivity contribution in [2.75, 3.05) is 0 Å². The number of rotatable bonds is 2. The van der Waals surface area contributed by atoms with Crippen molar-refractivity contribution in [3.05, 3.63) is 105 Å². The minimum atomic E-state index is -4.39. The van der Waals surface area contributed by atoms with Crippen LogP contribution in [0, 0.1) is 27.7 Å². The average Bonchev–Trinajstić information content (AvgIpc) is 3.00. The molecule has 0 amide bonds. The Hall–Kier alpha value is -2.55. The maximum atomic E-state index is 14.9. The van der Waals surface area contributed by atoms with E-state index < -0.39 is 11.6 Å². The lowest BCUT2D eigenvalue weighted by molar-refractivity contribution is -0.178. The molecule has 0 nitrogen and oxygen atoms in total. The first kappa shape index (κ1) is 19.8. The molecular weight excluding hydrogens is 369 g/mol. The molecule has 0 aromatic heterocycles. The van der Waals surface area contributed by atoms with Crippen molar-refractivity contribution in [1.29, 1.82) is 0 Å². The van der Waals surface area contributed by atoms with E-state index >= 15 is 0 Å². The summed E-state index contributed by atoms with van der Waals surface area (Å²) in [6.45, 7) is 7.68. The highest BCUT2D eigenvalue weighted by molar-refractivity contribution is 5.58. The quantitative estimate of drug-likeness (QED) is 0.428. The molecule has 1 aliphatic rings. The predicted molar refractivity (Wildman–Crippen MR) is 112 cm³/mol. The summed E-state index contributed by atoms with van der Waals surface area (Å²) in [5.74, 6) is -0.284. The Morgan fingerprint density at radius 3 is 2.00 bits per heavy atom. The number of alkyl halides is 3. The van der Waals surface area contributed by atoms with Crippen molar-refractivity contribution >= 4 is 0 Å². The summed E-state index contributed by atoms with van der Waals surface area (Å²) in [5.41, 5.74) is 4.31. The van der Waals surface area contributed by atoms with Crippen LogP contribution in [-0.4, -0.2) is 6.18 Å². The monoisotopic (exact) mass is 394 g/mol. The van der Waals surface area contributed by atoms with Crippen molar-refractivity contribution in [3.8, 4) is 0 Å². The van der Waals surface area contributed by atoms with Gasteiger partial charge in [-0.05, 0) is 78.6 Å². The molecule has 0 spiro atoms. The van der Waals surface area contributed by atoms with Gasteiger partial charge in [0.2, 0.25) is 0 Å². The first-order valence-corrected chi connectivity index (χ1v) is 9.96. The van der Waals surface area contributed by atoms with Gasteiger partial charge in [-0.3, -0.25) is 0 Å². The zero-order valence-electron chi connectivity index (χ0n) is 17.2. The van der Waals surface area contributed by atoms with Crippen molar-refractivity contribution < 1.29 is 13.2 Å². The first-order chi connectivity index (χ1) is 13.6. The van der Waals surface area contributed by atoms with Crippen LogP contribution in [0.15, 0.2) is 60.7 Å². The Morgan fingerprint density at radius 1 is 0.759 bits per heavy atom. The Labute approximate surface area is 170 Å². The first-order valence-electron chi connectivity index (χ1n) is 9.96. The molecule has 3 aromatic carbocycles. The molecule has 0 fully saturated rings. The molecule has 0 saturated carbocycles. The van der Waals surface area contributed by atoms with Gasteiger partial charge in [-0.1, -0.05) is 60.7 Å². The summed E-state index contributed by atoms with van der Waals surface area (Å²) >= 11 is 0. The van der Waals surface area contributed by atoms with E-state index in [-0.39, 0.29) is 12.3 Å². The Balaban J connectivity index is 2.05. The molecule has 3 aromatic rings. The predicted octanol–water partition coefficient (Wildman–Crippen LogP) is 7.30. The number of benzene rings is 3. The van der Waals surface area contributed by atoms with E-state index in [9.17, 15) is 13.2 Å². The molecule has 0 saturated heterocycles. The SMILES string of the molecule is Cc1ccc(C2(C(F)(F)F)CC(c3ccccc3)c3cc(C)c(C)cc32)cc1C. The van der Waals surface area contributed by atoms with Crippen LogP contribution in [-0.2, 0) is 5.41 Å². The fourth-order valence-electron chi connectivity index (χ4n) is 4.72. The normalized spacial score (nSPS) is 21.3. The van der Waals surface area contributed by atoms with Gasteiger partial charge in [0, 0.05) is 5.92 Å². The van der Waals surface area contributed by atoms with Gasteiger partial charge < -0.3 is 0 Å². The lowest BCUT2D eigenvalue weighted by Gasteiger charge is -2.34. The summed E-state index contributed by atoms with van der Waals surface area (Å²) in [7, 11) is 0. The molecule has 3 heteroatoms. The van der Waals surface area contributed by atoms with Crippen LogP contribution >= 0.6 is 0 Å². The minimum Gasteiger partial charge on any atom is -0.170 e. The fraction of sp³-hybridized carbons (Fsp3) is 0.308. The molecule has 2 atom stereocenters. The molecule has 150 valence electrons. The maximum Gasteiger partial charge on any atom is 0.402 e. The second-order valence-corrected chi connectivity index (χ2v) is 8.39. The zero-order chi connectivity index (χ0) is 21.0. The molecule has 29 heavy (non-hydrogen) atoms. The Bertz CT molecular complexity index is 1060. The summed E-state index contributed by atoms with van der Waals surface area (Å²) in [6, 6.07) is 18.5. The van der Waals surface area contributed by atoms with E-state index in [1.54, 1.807) is 18.2 Å². The molecule has 0 radical (unpaired) electrons. The van der Waals surface area contributed by atoms with Gasteiger partial charge in [-0.15, -0.1) is 0 Å². The smallest absolute Gasteiger partial charge is 0.170 e. The lowest BCUT2D eigenvalue weighted by atomic mass is 9.73. The van der Waals surface area contributed by atoms with Crippen LogP contribution in [0.25, 0.3) is 0 Å². The largest absolute Gasteiger partial charge is 0.402 e. The maximum absolute atomic E-state index is 14.9. The second-order valence-electron chi connectivity index (χ2n) is 8.39. The van der Waals surface area contributed by atoms with Crippen molar-refractivity contribution in [1.82, 2.24) is 0 Å². The van der Waals surface area contributed by atoms with Gasteiger partial charge in [-0.2, -0.15) is 13.2 Å². The fourth-order valence-corrected chi connectivity index (χ4v) is 4.72. The lowest BCUT2D eigenvalue weighted by Crippen LogP contribution is -2.42. The van der Waals surface area contributed by atoms with Crippen LogP contribution in [0.5, 0.6) is 0 Å². The standard InChI is InChI=1S/C26H25F3/c1-16-10-11-21(12-17(16)2)25(26(27,28)29)15-23(20-8-6-5-7-9-20)22-13-18(3)19(4)14-24(22)25/h5-14,23H,15H2,1-4H3. The van der Waals surface area contributed by atoms with Crippen molar-refractivity contribution in [3.63, 3.8) is 0 Å². The highest BCUT2D eigenvalue weighted by atomic mass is 19.4. The molecular formula is C26H25F3. The van der Waals surface area contributed by atoms with Gasteiger partial charge in [-0.25, -0.2) is 0 Å². The van der Waals surface area contributed by atoms with Crippen molar-refractivity contribution in [2.24, 2.45) is 0 Å². The van der Waals surface area contributed by atoms with Crippen LogP contribution in [0.4, 0.5) is 13.2 Å². The minimum absolute atomic E-state index is 0.00123. The van der Waals surface area contributed by atoms with Crippen LogP contribution in [0.2, 0.25) is 0 Å². The van der Waals surface area contributed by atoms with Gasteiger partial charge in [0.15, 0.2) is 0 Å². The summed E-state index contributed by atoms with van der Waals surface area (Å²) in [5, 5.41) is 0. The molecule has 0 aliphatic heterocycles. The van der Waals surface area contributed by atoms with Crippen LogP contribution in [0.1, 0.15) is 56.8 Å². The van der Waals surface area contributed by atoms with Gasteiger partial charge >= 0.3 is 6.18 Å². The topological polar surface area (TPSA) is 0 Å². The van der Waals surface area contributed by atoms with E-state index in [1.165, 1.54) is 0 Å². The van der Waals surface area contributed by atoms with E-state index in [2.05, 4.69) is 0 Å². The van der Waals surface area contributed by atoms with Gasteiger partial charge in [0.1, 0.15) is 5.41 Å². The Morgan fingerprint density at radius 2 is 1.38 bits per heavy atom. The Kier molecular flexibility index (Phi) is 4.60. The molecule has 4 rings (SSSR count). The molecule has 2 unspecified atom stereocenters. The third kappa shape index (κ3) is 2.99. The van der Waals surface area contributed by atoms with E-state index in [0.717, 1.165) is 33.4 Å². The molecule has 0 N–H and O–H groups in total. The molecule has 0 heterocycles. The highest BCUT2D eigenvalue weighted by Crippen LogP contribution is 2.60. The summed E-state index contributed by atoms with van der Waals surface area (Å²) in [6.07, 6.45) is -4.39. The summed E-state index contributed by atoms with van der Waals surface area (Å²) < 4.78 is 44.8. The van der Waals surface area contributed by atoms with Gasteiger partial charge in [0.05, 0.1) is 0 Å². The van der Waals surface area contributed by atoms with Crippen molar-refractivity contribution in [2.45, 2.75) is 51.6 Å². The molecule has 1 aliphatic carbocycles. The number of hydrogen-bond donors (Lipinski definition) is 0. The number of hydrogen-bond acceptors (Lipinski definition) is 0. The number of aryl methyl sites for hydroxylation is 4. The zero-order valence-corrected chi connectivity index (χ0v) is 17.2. The van der Waals surface area contributed by atoms with Crippen LogP contribution in [0.3, 0.4) is 0 Å². The number of fused-ring (bicyclic) bond motifs is 1.